The number of carbonyl (C=O) groups is 1. The molecule has 1 amide bonds. The van der Waals surface area contributed by atoms with Gasteiger partial charge < -0.3 is 10.7 Å². The van der Waals surface area contributed by atoms with Crippen molar-refractivity contribution in [2.24, 2.45) is 5.84 Å². The molecular formula is C14H16N4O. The Morgan fingerprint density at radius 2 is 1.95 bits per heavy atom. The molecule has 1 heterocycles. The number of carbonyl (C=O) groups excluding carboxylic acids is 1. The van der Waals surface area contributed by atoms with Crippen molar-refractivity contribution in [3.63, 3.8) is 0 Å². The second-order valence-electron chi connectivity index (χ2n) is 4.32. The minimum Gasteiger partial charge on any atom is -0.323 e. The zero-order chi connectivity index (χ0) is 13.8. The second-order valence-corrected chi connectivity index (χ2v) is 4.32. The number of nitrogens with one attached hydrogen (secondary N) is 2. The lowest BCUT2D eigenvalue weighted by molar-refractivity contribution is 0.102. The molecular weight excluding hydrogens is 240 g/mol. The smallest absolute Gasteiger partial charge is 0.258 e. The minimum absolute atomic E-state index is 0.244. The first kappa shape index (κ1) is 13.0. The van der Waals surface area contributed by atoms with Gasteiger partial charge in [0.2, 0.25) is 0 Å². The van der Waals surface area contributed by atoms with Crippen molar-refractivity contribution in [3.05, 3.63) is 53.2 Å². The monoisotopic (exact) mass is 256 g/mol. The van der Waals surface area contributed by atoms with Gasteiger partial charge in [-0.15, -0.1) is 0 Å². The van der Waals surface area contributed by atoms with Crippen molar-refractivity contribution in [2.45, 2.75) is 13.8 Å². The van der Waals surface area contributed by atoms with Gasteiger partial charge in [-0.2, -0.15) is 0 Å². The fraction of sp³-hybridized carbons (Fsp3) is 0.143. The van der Waals surface area contributed by atoms with Gasteiger partial charge in [-0.25, -0.2) is 4.98 Å². The van der Waals surface area contributed by atoms with Crippen LogP contribution in [-0.2, 0) is 0 Å². The lowest BCUT2D eigenvalue weighted by Crippen LogP contribution is -2.17. The molecule has 5 nitrogen and oxygen atoms in total. The Hall–Kier alpha value is -2.40. The Kier molecular flexibility index (Phi) is 3.77. The maximum atomic E-state index is 12.2. The Morgan fingerprint density at radius 1 is 1.21 bits per heavy atom. The number of rotatable bonds is 3. The van der Waals surface area contributed by atoms with Gasteiger partial charge in [0.05, 0.1) is 11.3 Å². The van der Waals surface area contributed by atoms with Crippen LogP contribution in [0.4, 0.5) is 11.5 Å². The molecule has 1 aromatic heterocycles. The highest BCUT2D eigenvalue weighted by atomic mass is 16.1. The average Bonchev–Trinajstić information content (AvgIpc) is 2.37. The van der Waals surface area contributed by atoms with Crippen molar-refractivity contribution in [2.75, 3.05) is 10.7 Å². The molecule has 0 aliphatic heterocycles. The van der Waals surface area contributed by atoms with Crippen molar-refractivity contribution < 1.29 is 4.79 Å². The van der Waals surface area contributed by atoms with Gasteiger partial charge in [0, 0.05) is 5.69 Å². The van der Waals surface area contributed by atoms with E-state index in [2.05, 4.69) is 15.7 Å². The van der Waals surface area contributed by atoms with Crippen LogP contribution in [0.15, 0.2) is 36.4 Å². The fourth-order valence-electron chi connectivity index (χ4n) is 1.90. The first-order valence-electron chi connectivity index (χ1n) is 5.92. The van der Waals surface area contributed by atoms with Crippen LogP contribution in [0.2, 0.25) is 0 Å². The number of nitrogens with two attached hydrogens (primary N) is 1. The number of nitrogen functional groups attached to an aromatic ring is 1. The molecule has 0 radical (unpaired) electrons. The average molecular weight is 256 g/mol. The SMILES string of the molecule is Cc1cc(C)nc(NC(=O)c2ccccc2NN)c1. The summed E-state index contributed by atoms with van der Waals surface area (Å²) in [6, 6.07) is 10.8. The Labute approximate surface area is 111 Å². The van der Waals surface area contributed by atoms with Gasteiger partial charge in [-0.1, -0.05) is 12.1 Å². The van der Waals surface area contributed by atoms with E-state index in [1.807, 2.05) is 26.0 Å². The van der Waals surface area contributed by atoms with Crippen molar-refractivity contribution in [1.29, 1.82) is 0 Å². The molecule has 0 spiro atoms. The maximum Gasteiger partial charge on any atom is 0.258 e. The molecule has 0 bridgehead atoms. The van der Waals surface area contributed by atoms with Gasteiger partial charge in [0.25, 0.3) is 5.91 Å². The first-order valence-corrected chi connectivity index (χ1v) is 5.92. The predicted molar refractivity (Wildman–Crippen MR) is 75.9 cm³/mol. The van der Waals surface area contributed by atoms with Crippen LogP contribution < -0.4 is 16.6 Å². The topological polar surface area (TPSA) is 80.0 Å². The molecule has 0 unspecified atom stereocenters. The highest BCUT2D eigenvalue weighted by Crippen LogP contribution is 2.16. The summed E-state index contributed by atoms with van der Waals surface area (Å²) in [4.78, 5) is 16.4. The number of pyridine rings is 1. The van der Waals surface area contributed by atoms with E-state index in [1.54, 1.807) is 24.3 Å². The third kappa shape index (κ3) is 3.08. The maximum absolute atomic E-state index is 12.2. The summed E-state index contributed by atoms with van der Waals surface area (Å²) >= 11 is 0. The van der Waals surface area contributed by atoms with E-state index in [0.717, 1.165) is 11.3 Å². The van der Waals surface area contributed by atoms with Crippen LogP contribution in [0.25, 0.3) is 0 Å². The summed E-state index contributed by atoms with van der Waals surface area (Å²) in [5, 5.41) is 2.77. The van der Waals surface area contributed by atoms with Gasteiger partial charge in [-0.05, 0) is 43.7 Å². The van der Waals surface area contributed by atoms with E-state index in [4.69, 9.17) is 5.84 Å². The molecule has 0 saturated heterocycles. The molecule has 5 heteroatoms. The van der Waals surface area contributed by atoms with Crippen molar-refractivity contribution >= 4 is 17.4 Å². The standard InChI is InChI=1S/C14H16N4O/c1-9-7-10(2)16-13(8-9)17-14(19)11-5-3-4-6-12(11)18-15/h3-8,18H,15H2,1-2H3,(H,16,17,19). The molecule has 0 fully saturated rings. The summed E-state index contributed by atoms with van der Waals surface area (Å²) in [5.74, 6) is 5.68. The van der Waals surface area contributed by atoms with Crippen LogP contribution in [0.3, 0.4) is 0 Å². The number of hydrogen-bond acceptors (Lipinski definition) is 4. The van der Waals surface area contributed by atoms with Crippen LogP contribution in [0.1, 0.15) is 21.6 Å². The van der Waals surface area contributed by atoms with Gasteiger partial charge in [0.15, 0.2) is 0 Å². The van der Waals surface area contributed by atoms with Gasteiger partial charge >= 0.3 is 0 Å². The third-order valence-electron chi connectivity index (χ3n) is 2.67. The molecule has 0 aliphatic rings. The number of aryl methyl sites for hydroxylation is 2. The van der Waals surface area contributed by atoms with Crippen molar-refractivity contribution in [3.8, 4) is 0 Å². The number of hydrogen-bond donors (Lipinski definition) is 3. The van der Waals surface area contributed by atoms with E-state index < -0.39 is 0 Å². The van der Waals surface area contributed by atoms with Gasteiger partial charge in [-0.3, -0.25) is 10.6 Å². The van der Waals surface area contributed by atoms with Crippen LogP contribution >= 0.6 is 0 Å². The number of benzene rings is 1. The van der Waals surface area contributed by atoms with Gasteiger partial charge in [0.1, 0.15) is 5.82 Å². The molecule has 2 aromatic rings. The molecule has 0 saturated carbocycles. The summed E-state index contributed by atoms with van der Waals surface area (Å²) in [7, 11) is 0. The summed E-state index contributed by atoms with van der Waals surface area (Å²) < 4.78 is 0. The second kappa shape index (κ2) is 5.49. The molecule has 98 valence electrons. The number of anilines is 2. The third-order valence-corrected chi connectivity index (χ3v) is 2.67. The molecule has 1 aromatic carbocycles. The van der Waals surface area contributed by atoms with Crippen molar-refractivity contribution in [1.82, 2.24) is 4.98 Å². The van der Waals surface area contributed by atoms with E-state index in [-0.39, 0.29) is 5.91 Å². The van der Waals surface area contributed by atoms with E-state index in [1.165, 1.54) is 0 Å². The number of amides is 1. The minimum atomic E-state index is -0.244. The number of para-hydroxylation sites is 1. The zero-order valence-corrected chi connectivity index (χ0v) is 10.9. The largest absolute Gasteiger partial charge is 0.323 e. The number of hydrazine groups is 1. The first-order chi connectivity index (χ1) is 9.10. The van der Waals surface area contributed by atoms with Crippen LogP contribution in [-0.4, -0.2) is 10.9 Å². The lowest BCUT2D eigenvalue weighted by atomic mass is 10.1. The highest BCUT2D eigenvalue weighted by molar-refractivity contribution is 6.07. The fourth-order valence-corrected chi connectivity index (χ4v) is 1.90. The molecule has 4 N–H and O–H groups in total. The summed E-state index contributed by atoms with van der Waals surface area (Å²) in [6.07, 6.45) is 0. The van der Waals surface area contributed by atoms with E-state index in [9.17, 15) is 4.79 Å². The molecule has 0 atom stereocenters. The Bertz CT molecular complexity index is 590. The molecule has 0 aliphatic carbocycles. The zero-order valence-electron chi connectivity index (χ0n) is 10.9. The normalized spacial score (nSPS) is 10.1. The van der Waals surface area contributed by atoms with E-state index in [0.29, 0.717) is 17.1 Å². The summed E-state index contributed by atoms with van der Waals surface area (Å²) in [5.41, 5.74) is 5.47. The Balaban J connectivity index is 2.25. The molecule has 19 heavy (non-hydrogen) atoms. The number of nitrogens with zero attached hydrogens (tertiary/aromatic N) is 1. The number of aromatic nitrogens is 1. The molecule has 2 rings (SSSR count). The predicted octanol–water partition coefficient (Wildman–Crippen LogP) is 2.24. The highest BCUT2D eigenvalue weighted by Gasteiger charge is 2.11. The van der Waals surface area contributed by atoms with E-state index >= 15 is 0 Å². The van der Waals surface area contributed by atoms with Crippen LogP contribution in [0.5, 0.6) is 0 Å². The Morgan fingerprint density at radius 3 is 2.63 bits per heavy atom. The van der Waals surface area contributed by atoms with Crippen LogP contribution in [0, 0.1) is 13.8 Å². The summed E-state index contributed by atoms with van der Waals surface area (Å²) in [6.45, 7) is 3.85. The quantitative estimate of drug-likeness (QED) is 0.581. The lowest BCUT2D eigenvalue weighted by Gasteiger charge is -2.09.